The van der Waals surface area contributed by atoms with Crippen LogP contribution in [0.25, 0.3) is 11.3 Å². The van der Waals surface area contributed by atoms with Crippen molar-refractivity contribution in [2.24, 2.45) is 0 Å². The zero-order chi connectivity index (χ0) is 27.4. The van der Waals surface area contributed by atoms with Gasteiger partial charge in [-0.3, -0.25) is 0 Å². The summed E-state index contributed by atoms with van der Waals surface area (Å²) in [7, 11) is 2.12. The third kappa shape index (κ3) is 6.26. The number of fused-ring (bicyclic) bond motifs is 1. The van der Waals surface area contributed by atoms with Crippen LogP contribution in [0, 0.1) is 0 Å². The summed E-state index contributed by atoms with van der Waals surface area (Å²) in [6.45, 7) is 8.20. The maximum atomic E-state index is 12.0. The van der Waals surface area contributed by atoms with E-state index >= 15 is 0 Å². The molecule has 0 atom stereocenters. The van der Waals surface area contributed by atoms with Crippen LogP contribution in [0.4, 0.5) is 16.6 Å². The largest absolute Gasteiger partial charge is 0.468 e. The first-order chi connectivity index (χ1) is 18.9. The van der Waals surface area contributed by atoms with Crippen LogP contribution < -0.4 is 10.6 Å². The van der Waals surface area contributed by atoms with Gasteiger partial charge in [0.05, 0.1) is 12.3 Å². The fourth-order valence-corrected chi connectivity index (χ4v) is 5.38. The predicted molar refractivity (Wildman–Crippen MR) is 148 cm³/mol. The summed E-state index contributed by atoms with van der Waals surface area (Å²) in [5.41, 5.74) is 10.2. The molecule has 2 aromatic rings. The first-order valence-corrected chi connectivity index (χ1v) is 13.7. The molecule has 208 valence electrons. The van der Waals surface area contributed by atoms with Gasteiger partial charge in [0.1, 0.15) is 11.9 Å². The van der Waals surface area contributed by atoms with E-state index in [9.17, 15) is 9.59 Å². The Bertz CT molecular complexity index is 1230. The van der Waals surface area contributed by atoms with Gasteiger partial charge in [-0.25, -0.2) is 14.6 Å². The Balaban J connectivity index is 1.26. The molecule has 5 rings (SSSR count). The minimum atomic E-state index is -0.299. The molecule has 0 spiro atoms. The second-order valence-corrected chi connectivity index (χ2v) is 10.3. The Morgan fingerprint density at radius 1 is 1.03 bits per heavy atom. The molecular weight excluding hydrogens is 498 g/mol. The van der Waals surface area contributed by atoms with Gasteiger partial charge in [0.2, 0.25) is 5.95 Å². The lowest BCUT2D eigenvalue weighted by atomic mass is 9.96. The number of anilines is 2. The molecule has 3 aliphatic rings. The number of hydrogen-bond acceptors (Lipinski definition) is 10. The maximum Gasteiger partial charge on any atom is 0.409 e. The molecule has 4 heterocycles. The first kappa shape index (κ1) is 26.8. The molecule has 0 unspecified atom stereocenters. The van der Waals surface area contributed by atoms with Gasteiger partial charge >= 0.3 is 6.09 Å². The Labute approximate surface area is 229 Å². The number of benzene rings is 1. The van der Waals surface area contributed by atoms with Gasteiger partial charge in [-0.15, -0.1) is 0 Å². The number of aromatic nitrogens is 2. The summed E-state index contributed by atoms with van der Waals surface area (Å²) in [5, 5.41) is 0. The minimum absolute atomic E-state index is 0.142. The molecule has 2 saturated heterocycles. The van der Waals surface area contributed by atoms with Crippen molar-refractivity contribution >= 4 is 23.8 Å². The number of likely N-dealkylation sites (N-methyl/N-ethyl adjacent to an activating group) is 1. The average molecular weight is 536 g/mol. The normalized spacial score (nSPS) is 18.4. The second-order valence-electron chi connectivity index (χ2n) is 10.3. The van der Waals surface area contributed by atoms with Gasteiger partial charge in [-0.05, 0) is 37.6 Å². The number of likely N-dealkylation sites (tertiary alicyclic amines) is 1. The van der Waals surface area contributed by atoms with Gasteiger partial charge in [-0.2, -0.15) is 4.98 Å². The highest BCUT2D eigenvalue weighted by Gasteiger charge is 2.28. The van der Waals surface area contributed by atoms with Crippen LogP contribution in [-0.2, 0) is 27.2 Å². The number of nitrogens with zero attached hydrogens (tertiary/aromatic N) is 6. The highest BCUT2D eigenvalue weighted by atomic mass is 16.6. The number of rotatable bonds is 6. The van der Waals surface area contributed by atoms with Crippen LogP contribution in [0.5, 0.6) is 0 Å². The fraction of sp³-hybridized carbons (Fsp3) is 0.536. The molecule has 2 N–H and O–H groups in total. The number of carbonyl (C=O) groups excluding carboxylic acids is 2. The zero-order valence-corrected chi connectivity index (χ0v) is 22.8. The summed E-state index contributed by atoms with van der Waals surface area (Å²) in [6.07, 6.45) is 1.64. The van der Waals surface area contributed by atoms with Crippen LogP contribution in [0.3, 0.4) is 0 Å². The van der Waals surface area contributed by atoms with E-state index < -0.39 is 0 Å². The summed E-state index contributed by atoms with van der Waals surface area (Å²) in [4.78, 5) is 41.1. The van der Waals surface area contributed by atoms with E-state index in [0.717, 1.165) is 55.2 Å². The van der Waals surface area contributed by atoms with Crippen LogP contribution in [0.15, 0.2) is 30.1 Å². The number of piperidine rings is 1. The number of carbonyl (C=O) groups is 1. The maximum absolute atomic E-state index is 12.0. The summed E-state index contributed by atoms with van der Waals surface area (Å²) in [6, 6.07) is 8.34. The Morgan fingerprint density at radius 3 is 2.51 bits per heavy atom. The van der Waals surface area contributed by atoms with Crippen molar-refractivity contribution in [2.45, 2.75) is 38.8 Å². The molecule has 11 nitrogen and oxygen atoms in total. The molecular formula is C28H37N7O4. The van der Waals surface area contributed by atoms with Crippen LogP contribution in [0.1, 0.15) is 30.9 Å². The SMILES string of the molecule is CCOC(=O)N1CCC(OC(=C=O)N2CCc3ccc(-c4cc(N5CCN(C)CC5)nc(N)n4)cc3C2)CC1. The first-order valence-electron chi connectivity index (χ1n) is 13.7. The van der Waals surface area contributed by atoms with Crippen molar-refractivity contribution in [1.29, 1.82) is 0 Å². The molecule has 2 fully saturated rings. The molecule has 1 aromatic heterocycles. The van der Waals surface area contributed by atoms with Gasteiger partial charge in [0.15, 0.2) is 5.94 Å². The van der Waals surface area contributed by atoms with E-state index in [2.05, 4.69) is 45.0 Å². The van der Waals surface area contributed by atoms with E-state index in [-0.39, 0.29) is 24.0 Å². The van der Waals surface area contributed by atoms with Crippen molar-refractivity contribution in [2.75, 3.05) is 70.1 Å². The van der Waals surface area contributed by atoms with Gasteiger partial charge < -0.3 is 34.8 Å². The van der Waals surface area contributed by atoms with E-state index in [1.807, 2.05) is 16.9 Å². The zero-order valence-electron chi connectivity index (χ0n) is 22.8. The topological polar surface area (TPSA) is 117 Å². The molecule has 3 aliphatic heterocycles. The summed E-state index contributed by atoms with van der Waals surface area (Å²) >= 11 is 0. The van der Waals surface area contributed by atoms with Gasteiger partial charge in [0, 0.05) is 76.8 Å². The molecule has 39 heavy (non-hydrogen) atoms. The number of ether oxygens (including phenoxy) is 2. The molecule has 1 amide bonds. The van der Waals surface area contributed by atoms with Crippen LogP contribution >= 0.6 is 0 Å². The van der Waals surface area contributed by atoms with Crippen molar-refractivity contribution in [3.05, 3.63) is 41.3 Å². The number of nitrogen functional groups attached to an aromatic ring is 1. The van der Waals surface area contributed by atoms with E-state index in [0.29, 0.717) is 45.6 Å². The predicted octanol–water partition coefficient (Wildman–Crippen LogP) is 2.15. The number of amides is 1. The van der Waals surface area contributed by atoms with Crippen molar-refractivity contribution in [1.82, 2.24) is 24.7 Å². The van der Waals surface area contributed by atoms with E-state index in [1.54, 1.807) is 11.8 Å². The molecule has 11 heteroatoms. The summed E-state index contributed by atoms with van der Waals surface area (Å²) in [5.74, 6) is 3.35. The Morgan fingerprint density at radius 2 is 1.79 bits per heavy atom. The van der Waals surface area contributed by atoms with Crippen LogP contribution in [0.2, 0.25) is 0 Å². The van der Waals surface area contributed by atoms with E-state index in [4.69, 9.17) is 15.2 Å². The number of piperazine rings is 1. The Kier molecular flexibility index (Phi) is 8.18. The quantitative estimate of drug-likeness (QED) is 0.435. The van der Waals surface area contributed by atoms with Crippen LogP contribution in [-0.4, -0.2) is 102 Å². The highest BCUT2D eigenvalue weighted by Crippen LogP contribution is 2.30. The Hall–Kier alpha value is -3.82. The molecule has 0 bridgehead atoms. The fourth-order valence-electron chi connectivity index (χ4n) is 5.38. The number of nitrogens with two attached hydrogens (primary N) is 1. The second kappa shape index (κ2) is 11.9. The lowest BCUT2D eigenvalue weighted by molar-refractivity contribution is 0.00868. The van der Waals surface area contributed by atoms with Crippen molar-refractivity contribution in [3.8, 4) is 11.3 Å². The smallest absolute Gasteiger partial charge is 0.409 e. The highest BCUT2D eigenvalue weighted by molar-refractivity contribution is 5.68. The average Bonchev–Trinajstić information content (AvgIpc) is 2.96. The molecule has 0 aliphatic carbocycles. The number of hydrogen-bond donors (Lipinski definition) is 1. The summed E-state index contributed by atoms with van der Waals surface area (Å²) < 4.78 is 11.2. The molecule has 0 radical (unpaired) electrons. The van der Waals surface area contributed by atoms with Gasteiger partial charge in [-0.1, -0.05) is 12.1 Å². The van der Waals surface area contributed by atoms with Gasteiger partial charge in [0.25, 0.3) is 5.88 Å². The lowest BCUT2D eigenvalue weighted by Crippen LogP contribution is -2.44. The standard InChI is InChI=1S/C28H37N7O4/c1-3-38-28(37)34-10-7-23(8-11-34)39-26(19-36)35-9-6-20-4-5-21(16-22(20)18-35)24-17-25(31-27(29)30-24)33-14-12-32(2)13-15-33/h4-5,16-17,23H,3,6-15,18H2,1-2H3,(H2,29,30,31). The van der Waals surface area contributed by atoms with E-state index in [1.165, 1.54) is 5.56 Å². The minimum Gasteiger partial charge on any atom is -0.468 e. The third-order valence-corrected chi connectivity index (χ3v) is 7.69. The van der Waals surface area contributed by atoms with Crippen molar-refractivity contribution in [3.63, 3.8) is 0 Å². The van der Waals surface area contributed by atoms with Crippen molar-refractivity contribution < 1.29 is 19.1 Å². The monoisotopic (exact) mass is 535 g/mol. The molecule has 0 saturated carbocycles. The molecule has 1 aromatic carbocycles. The lowest BCUT2D eigenvalue weighted by Gasteiger charge is -2.35. The third-order valence-electron chi connectivity index (χ3n) is 7.69.